The predicted molar refractivity (Wildman–Crippen MR) is 87.1 cm³/mol. The van der Waals surface area contributed by atoms with Gasteiger partial charge in [0.1, 0.15) is 17.3 Å². The minimum absolute atomic E-state index is 0.274. The van der Waals surface area contributed by atoms with Crippen molar-refractivity contribution in [1.29, 1.82) is 0 Å². The van der Waals surface area contributed by atoms with Crippen LogP contribution in [-0.4, -0.2) is 23.5 Å². The van der Waals surface area contributed by atoms with Crippen molar-refractivity contribution in [2.45, 2.75) is 52.7 Å². The number of rotatable bonds is 2. The molecule has 0 amide bonds. The summed E-state index contributed by atoms with van der Waals surface area (Å²) in [6.07, 6.45) is 0. The van der Waals surface area contributed by atoms with Gasteiger partial charge >= 0.3 is 7.12 Å². The monoisotopic (exact) mass is 317 g/mol. The summed E-state index contributed by atoms with van der Waals surface area (Å²) in [7, 11) is -0.564. The Kier molecular flexibility index (Phi) is 3.65. The Bertz CT molecular complexity index is 738. The smallest absolute Gasteiger partial charge is 0.399 e. The summed E-state index contributed by atoms with van der Waals surface area (Å²) in [5, 5.41) is 4.16. The number of hydrogen-bond acceptors (Lipinski definition) is 4. The van der Waals surface area contributed by atoms with Crippen LogP contribution < -0.4 is 5.46 Å². The van der Waals surface area contributed by atoms with E-state index in [0.29, 0.717) is 11.5 Å². The molecule has 4 nitrogen and oxygen atoms in total. The molecule has 0 bridgehead atoms. The van der Waals surface area contributed by atoms with Crippen LogP contribution in [0.5, 0.6) is 0 Å². The number of aryl methyl sites for hydroxylation is 2. The van der Waals surface area contributed by atoms with Crippen molar-refractivity contribution in [3.63, 3.8) is 0 Å². The topological polar surface area (TPSA) is 44.5 Å². The van der Waals surface area contributed by atoms with Gasteiger partial charge in [0.05, 0.1) is 16.7 Å². The van der Waals surface area contributed by atoms with Crippen molar-refractivity contribution in [2.24, 2.45) is 0 Å². The third-order valence-electron chi connectivity index (χ3n) is 4.84. The van der Waals surface area contributed by atoms with E-state index in [2.05, 4.69) is 5.16 Å². The van der Waals surface area contributed by atoms with Gasteiger partial charge in [-0.2, -0.15) is 0 Å². The number of hydrogen-bond donors (Lipinski definition) is 0. The molecule has 2 aromatic rings. The Balaban J connectivity index is 2.07. The first-order chi connectivity index (χ1) is 10.6. The lowest BCUT2D eigenvalue weighted by atomic mass is 9.75. The van der Waals surface area contributed by atoms with Crippen LogP contribution in [0.25, 0.3) is 11.3 Å². The van der Waals surface area contributed by atoms with E-state index in [1.807, 2.05) is 41.5 Å². The van der Waals surface area contributed by atoms with Crippen molar-refractivity contribution in [3.05, 3.63) is 35.3 Å². The molecule has 0 spiro atoms. The summed E-state index contributed by atoms with van der Waals surface area (Å²) in [4.78, 5) is 0. The number of aromatic nitrogens is 1. The van der Waals surface area contributed by atoms with Crippen LogP contribution in [0.3, 0.4) is 0 Å². The standard InChI is InChI=1S/C17H21BFNO3/c1-10-9-12(19)7-8-13(10)15-14(11(2)21-20-15)18-22-16(3,4)17(5,6)23-18/h7-9H,1-6H3. The highest BCUT2D eigenvalue weighted by Gasteiger charge is 2.53. The largest absolute Gasteiger partial charge is 0.500 e. The molecule has 0 atom stereocenters. The maximum atomic E-state index is 13.4. The van der Waals surface area contributed by atoms with Gasteiger partial charge in [0.15, 0.2) is 0 Å². The highest BCUT2D eigenvalue weighted by Crippen LogP contribution is 2.37. The fraction of sp³-hybridized carbons (Fsp3) is 0.471. The lowest BCUT2D eigenvalue weighted by molar-refractivity contribution is 0.00578. The fourth-order valence-electron chi connectivity index (χ4n) is 2.70. The quantitative estimate of drug-likeness (QED) is 0.797. The van der Waals surface area contributed by atoms with E-state index in [-0.39, 0.29) is 5.82 Å². The van der Waals surface area contributed by atoms with Gasteiger partial charge in [-0.25, -0.2) is 4.39 Å². The summed E-state index contributed by atoms with van der Waals surface area (Å²) in [5.41, 5.74) is 2.10. The van der Waals surface area contributed by atoms with E-state index >= 15 is 0 Å². The van der Waals surface area contributed by atoms with Crippen LogP contribution in [0.1, 0.15) is 39.0 Å². The van der Waals surface area contributed by atoms with E-state index in [1.165, 1.54) is 12.1 Å². The molecule has 122 valence electrons. The van der Waals surface area contributed by atoms with Crippen LogP contribution in [0, 0.1) is 19.7 Å². The number of halogens is 1. The van der Waals surface area contributed by atoms with E-state index in [9.17, 15) is 4.39 Å². The molecule has 1 saturated heterocycles. The van der Waals surface area contributed by atoms with Gasteiger partial charge in [-0.15, -0.1) is 0 Å². The van der Waals surface area contributed by atoms with Crippen LogP contribution in [-0.2, 0) is 9.31 Å². The zero-order valence-electron chi connectivity index (χ0n) is 14.4. The molecule has 23 heavy (non-hydrogen) atoms. The molecule has 1 aliphatic rings. The lowest BCUT2D eigenvalue weighted by Gasteiger charge is -2.32. The van der Waals surface area contributed by atoms with E-state index in [1.54, 1.807) is 6.07 Å². The summed E-state index contributed by atoms with van der Waals surface area (Å²) in [5.74, 6) is 0.367. The van der Waals surface area contributed by atoms with Crippen LogP contribution in [0.2, 0.25) is 0 Å². The summed E-state index contributed by atoms with van der Waals surface area (Å²) >= 11 is 0. The normalized spacial score (nSPS) is 19.3. The molecule has 1 fully saturated rings. The maximum absolute atomic E-state index is 13.4. The molecule has 2 heterocycles. The van der Waals surface area contributed by atoms with Crippen molar-refractivity contribution >= 4 is 12.6 Å². The zero-order valence-corrected chi connectivity index (χ0v) is 14.4. The SMILES string of the molecule is Cc1cc(F)ccc1-c1noc(C)c1B1OC(C)(C)C(C)(C)O1. The molecule has 0 N–H and O–H groups in total. The van der Waals surface area contributed by atoms with Gasteiger partial charge in [0.2, 0.25) is 0 Å². The molecule has 3 rings (SSSR count). The average molecular weight is 317 g/mol. The second-order valence-corrected chi connectivity index (χ2v) is 7.05. The van der Waals surface area contributed by atoms with Gasteiger partial charge in [0.25, 0.3) is 0 Å². The van der Waals surface area contributed by atoms with Crippen molar-refractivity contribution in [1.82, 2.24) is 5.16 Å². The fourth-order valence-corrected chi connectivity index (χ4v) is 2.70. The Morgan fingerprint density at radius 3 is 2.22 bits per heavy atom. The molecule has 1 aromatic carbocycles. The molecule has 0 saturated carbocycles. The Morgan fingerprint density at radius 2 is 1.65 bits per heavy atom. The molecule has 0 aliphatic carbocycles. The van der Waals surface area contributed by atoms with Crippen molar-refractivity contribution in [3.8, 4) is 11.3 Å². The maximum Gasteiger partial charge on any atom is 0.500 e. The Labute approximate surface area is 136 Å². The number of benzene rings is 1. The highest BCUT2D eigenvalue weighted by molar-refractivity contribution is 6.64. The molecule has 6 heteroatoms. The Hall–Kier alpha value is -1.66. The minimum atomic E-state index is -0.564. The van der Waals surface area contributed by atoms with E-state index in [0.717, 1.165) is 16.6 Å². The van der Waals surface area contributed by atoms with Gasteiger partial charge in [-0.05, 0) is 65.3 Å². The predicted octanol–water partition coefficient (Wildman–Crippen LogP) is 3.40. The van der Waals surface area contributed by atoms with E-state index in [4.69, 9.17) is 13.8 Å². The Morgan fingerprint density at radius 1 is 1.04 bits per heavy atom. The minimum Gasteiger partial charge on any atom is -0.399 e. The lowest BCUT2D eigenvalue weighted by Crippen LogP contribution is -2.41. The zero-order chi connectivity index (χ0) is 17.0. The van der Waals surface area contributed by atoms with Gasteiger partial charge in [0, 0.05) is 5.56 Å². The molecule has 0 unspecified atom stereocenters. The second kappa shape index (κ2) is 5.18. The average Bonchev–Trinajstić information content (AvgIpc) is 2.87. The van der Waals surface area contributed by atoms with Crippen LogP contribution in [0.4, 0.5) is 4.39 Å². The second-order valence-electron chi connectivity index (χ2n) is 7.05. The van der Waals surface area contributed by atoms with Gasteiger partial charge in [-0.3, -0.25) is 0 Å². The van der Waals surface area contributed by atoms with Gasteiger partial charge in [-0.1, -0.05) is 5.16 Å². The van der Waals surface area contributed by atoms with Crippen molar-refractivity contribution < 1.29 is 18.2 Å². The third kappa shape index (κ3) is 2.60. The highest BCUT2D eigenvalue weighted by atomic mass is 19.1. The summed E-state index contributed by atoms with van der Waals surface area (Å²) in [6, 6.07) is 4.60. The molecule has 1 aliphatic heterocycles. The first-order valence-corrected chi connectivity index (χ1v) is 7.71. The summed E-state index contributed by atoms with van der Waals surface area (Å²) in [6.45, 7) is 11.7. The molecule has 0 radical (unpaired) electrons. The number of nitrogens with zero attached hydrogens (tertiary/aromatic N) is 1. The molecular formula is C17H21BFNO3. The van der Waals surface area contributed by atoms with Gasteiger partial charge < -0.3 is 13.8 Å². The third-order valence-corrected chi connectivity index (χ3v) is 4.84. The summed E-state index contributed by atoms with van der Waals surface area (Å²) < 4.78 is 31.0. The first kappa shape index (κ1) is 16.2. The van der Waals surface area contributed by atoms with Crippen molar-refractivity contribution in [2.75, 3.05) is 0 Å². The van der Waals surface area contributed by atoms with E-state index < -0.39 is 18.3 Å². The van der Waals surface area contributed by atoms with Crippen LogP contribution in [0.15, 0.2) is 22.7 Å². The van der Waals surface area contributed by atoms with Crippen LogP contribution >= 0.6 is 0 Å². The first-order valence-electron chi connectivity index (χ1n) is 7.71. The molecule has 1 aromatic heterocycles. The molecular weight excluding hydrogens is 296 g/mol.